The van der Waals surface area contributed by atoms with E-state index in [1.165, 1.54) is 0 Å². The molecular weight excluding hydrogens is 989 g/mol. The van der Waals surface area contributed by atoms with Crippen LogP contribution in [0, 0.1) is 19.7 Å². The summed E-state index contributed by atoms with van der Waals surface area (Å²) in [5, 5.41) is 1.99. The first-order valence-corrected chi connectivity index (χ1v) is 26.5. The van der Waals surface area contributed by atoms with Gasteiger partial charge in [0.1, 0.15) is 0 Å². The van der Waals surface area contributed by atoms with E-state index in [0.717, 1.165) is 112 Å². The molecule has 378 valence electrons. The molecule has 0 aliphatic heterocycles. The van der Waals surface area contributed by atoms with E-state index in [1.54, 1.807) is 0 Å². The molecule has 0 amide bonds. The topological polar surface area (TPSA) is 50.3 Å². The van der Waals surface area contributed by atoms with Crippen molar-refractivity contribution in [3.05, 3.63) is 313 Å². The summed E-state index contributed by atoms with van der Waals surface area (Å²) in [6, 6.07) is 94.5. The molecule has 0 unspecified atom stereocenters. The average Bonchev–Trinajstić information content (AvgIpc) is 4.07. The van der Waals surface area contributed by atoms with Crippen LogP contribution in [0.15, 0.2) is 279 Å². The van der Waals surface area contributed by atoms with E-state index in [9.17, 15) is 0 Å². The molecule has 0 saturated carbocycles. The maximum absolute atomic E-state index is 8.67. The van der Waals surface area contributed by atoms with Gasteiger partial charge in [0.15, 0.2) is 17.2 Å². The summed E-state index contributed by atoms with van der Waals surface area (Å²) in [5.74, 6) is 0.681. The van der Waals surface area contributed by atoms with Crippen molar-refractivity contribution >= 4 is 73.0 Å². The van der Waals surface area contributed by atoms with Gasteiger partial charge in [0.25, 0.3) is 0 Å². The second-order valence-electron chi connectivity index (χ2n) is 19.5. The summed E-state index contributed by atoms with van der Waals surface area (Å²) in [6.07, 6.45) is 0. The minimum Gasteiger partial charge on any atom is -0.319 e. The van der Waals surface area contributed by atoms with Gasteiger partial charge in [-0.3, -0.25) is 0 Å². The highest BCUT2D eigenvalue weighted by Crippen LogP contribution is 2.45. The van der Waals surface area contributed by atoms with Crippen LogP contribution in [0.25, 0.3) is 98.2 Å². The van der Waals surface area contributed by atoms with Crippen molar-refractivity contribution in [2.75, 3.05) is 9.80 Å². The van der Waals surface area contributed by atoms with Crippen molar-refractivity contribution in [1.82, 2.24) is 14.5 Å². The first-order chi connectivity index (χ1) is 40.0. The normalized spacial score (nSPS) is 10.9. The Morgan fingerprint density at radius 1 is 0.296 bits per heavy atom. The van der Waals surface area contributed by atoms with E-state index >= 15 is 0 Å². The zero-order chi connectivity index (χ0) is 54.7. The quantitative estimate of drug-likeness (QED) is 0.114. The number of aromatic nitrogens is 3. The number of rotatable bonds is 12. The Morgan fingerprint density at radius 3 is 1.11 bits per heavy atom. The van der Waals surface area contributed by atoms with E-state index in [1.807, 2.05) is 115 Å². The summed E-state index contributed by atoms with van der Waals surface area (Å²) in [4.78, 5) is 25.9. The predicted molar refractivity (Wildman–Crippen MR) is 332 cm³/mol. The molecule has 0 aliphatic rings. The first kappa shape index (κ1) is 49.0. The number of para-hydroxylation sites is 2. The van der Waals surface area contributed by atoms with Crippen LogP contribution < -0.4 is 9.80 Å². The van der Waals surface area contributed by atoms with Gasteiger partial charge in [-0.2, -0.15) is 0 Å². The van der Waals surface area contributed by atoms with Gasteiger partial charge >= 0.3 is 0 Å². The average molecular weight is 1040 g/mol. The number of benzene rings is 11. The van der Waals surface area contributed by atoms with Gasteiger partial charge in [0, 0.05) is 61.6 Å². The Balaban J connectivity index is 0.881. The lowest BCUT2D eigenvalue weighted by Crippen LogP contribution is -2.09. The highest BCUT2D eigenvalue weighted by Gasteiger charge is 2.22. The molecule has 11 aromatic carbocycles. The fourth-order valence-corrected chi connectivity index (χ4v) is 10.7. The summed E-state index contributed by atoms with van der Waals surface area (Å²) >= 11 is 0. The molecule has 8 heteroatoms. The molecule has 13 rings (SSSR count). The SMILES string of the molecule is [C-]#[N+]c1ccc(N(c2ccc([N+]#[C-])cc2)c2ccc3c(c2)c2cc(N(c4ccccc4)c4ccccc4)ccc2n3-c2ccc(-c3ccc(-c4ccc(-c5cc(-c6ccccc6)nc(-c6ccccc6)n5)cc4)cc3)cc2[N+]#[C-])cc1. The lowest BCUT2D eigenvalue weighted by Gasteiger charge is -2.26. The van der Waals surface area contributed by atoms with Gasteiger partial charge in [0.2, 0.25) is 5.69 Å². The number of anilines is 6. The van der Waals surface area contributed by atoms with Gasteiger partial charge in [-0.25, -0.2) is 24.5 Å². The molecule has 0 atom stereocenters. The van der Waals surface area contributed by atoms with E-state index in [4.69, 9.17) is 29.7 Å². The third kappa shape index (κ3) is 9.57. The number of fused-ring (bicyclic) bond motifs is 3. The van der Waals surface area contributed by atoms with E-state index in [0.29, 0.717) is 22.9 Å². The van der Waals surface area contributed by atoms with Gasteiger partial charge in [-0.05, 0) is 125 Å². The van der Waals surface area contributed by atoms with Crippen LogP contribution in [0.4, 0.5) is 51.2 Å². The van der Waals surface area contributed by atoms with E-state index < -0.39 is 0 Å². The molecule has 13 aromatic rings. The Morgan fingerprint density at radius 2 is 0.667 bits per heavy atom. The highest BCUT2D eigenvalue weighted by molar-refractivity contribution is 6.12. The Kier molecular flexibility index (Phi) is 12.9. The van der Waals surface area contributed by atoms with Crippen molar-refractivity contribution < 1.29 is 0 Å². The van der Waals surface area contributed by atoms with Crippen LogP contribution in [0.1, 0.15) is 0 Å². The second-order valence-corrected chi connectivity index (χ2v) is 19.5. The van der Waals surface area contributed by atoms with Crippen LogP contribution in [0.3, 0.4) is 0 Å². The largest absolute Gasteiger partial charge is 0.319 e. The zero-order valence-corrected chi connectivity index (χ0v) is 43.6. The van der Waals surface area contributed by atoms with Crippen molar-refractivity contribution in [3.63, 3.8) is 0 Å². The number of hydrogen-bond acceptors (Lipinski definition) is 4. The molecule has 0 radical (unpaired) electrons. The minimum absolute atomic E-state index is 0.520. The molecule has 0 bridgehead atoms. The Labute approximate surface area is 470 Å². The molecule has 0 spiro atoms. The molecule has 81 heavy (non-hydrogen) atoms. The summed E-state index contributed by atoms with van der Waals surface area (Å²) in [5.41, 5.74) is 18.7. The molecule has 0 saturated heterocycles. The van der Waals surface area contributed by atoms with Crippen molar-refractivity contribution in [3.8, 4) is 61.8 Å². The minimum atomic E-state index is 0.520. The van der Waals surface area contributed by atoms with Crippen molar-refractivity contribution in [2.24, 2.45) is 0 Å². The lowest BCUT2D eigenvalue weighted by molar-refractivity contribution is 1.18. The van der Waals surface area contributed by atoms with Crippen LogP contribution in [0.2, 0.25) is 0 Å². The summed E-state index contributed by atoms with van der Waals surface area (Å²) in [6.45, 7) is 24.0. The van der Waals surface area contributed by atoms with Gasteiger partial charge in [-0.15, -0.1) is 0 Å². The van der Waals surface area contributed by atoms with Crippen LogP contribution in [-0.2, 0) is 0 Å². The maximum Gasteiger partial charge on any atom is 0.211 e. The zero-order valence-electron chi connectivity index (χ0n) is 43.6. The molecule has 8 nitrogen and oxygen atoms in total. The molecule has 0 N–H and O–H groups in total. The third-order valence-corrected chi connectivity index (χ3v) is 14.6. The van der Waals surface area contributed by atoms with Crippen LogP contribution in [-0.4, -0.2) is 14.5 Å². The van der Waals surface area contributed by atoms with Crippen molar-refractivity contribution in [1.29, 1.82) is 0 Å². The highest BCUT2D eigenvalue weighted by atomic mass is 15.2. The summed E-state index contributed by atoms with van der Waals surface area (Å²) in [7, 11) is 0. The number of nitrogens with zero attached hydrogens (tertiary/aromatic N) is 8. The third-order valence-electron chi connectivity index (χ3n) is 14.6. The maximum atomic E-state index is 8.67. The second kappa shape index (κ2) is 21.4. The Bertz CT molecular complexity index is 4400. The van der Waals surface area contributed by atoms with E-state index in [-0.39, 0.29) is 0 Å². The fourth-order valence-electron chi connectivity index (χ4n) is 10.7. The van der Waals surface area contributed by atoms with Gasteiger partial charge < -0.3 is 14.4 Å². The van der Waals surface area contributed by atoms with Crippen molar-refractivity contribution in [2.45, 2.75) is 0 Å². The fraction of sp³-hybridized carbons (Fsp3) is 0. The molecule has 2 heterocycles. The molecule has 0 aliphatic carbocycles. The lowest BCUT2D eigenvalue weighted by atomic mass is 9.98. The van der Waals surface area contributed by atoms with E-state index in [2.05, 4.69) is 193 Å². The Hall–Kier alpha value is -11.6. The molecular formula is C73H46N8. The standard InChI is InChI=1S/C73H46N8/c1-74-57-33-37-61(38-34-57)80(62-39-35-58(75-2)36-40-62)64-42-45-71-66(48-64)65-47-63(79(59-20-12-6-13-21-59)60-22-14-7-15-23-60)41-44-70(65)81(71)72-43-32-56(46-69(72)76-3)52-26-24-50(25-27-52)51-28-30-54(31-29-51)68-49-67(53-16-8-4-9-17-53)77-73(78-68)55-18-10-5-11-19-55/h4-49H. The molecule has 0 fully saturated rings. The van der Waals surface area contributed by atoms with Gasteiger partial charge in [-0.1, -0.05) is 176 Å². The predicted octanol–water partition coefficient (Wildman–Crippen LogP) is 20.5. The number of hydrogen-bond donors (Lipinski definition) is 0. The monoisotopic (exact) mass is 1030 g/mol. The van der Waals surface area contributed by atoms with Crippen LogP contribution in [0.5, 0.6) is 0 Å². The van der Waals surface area contributed by atoms with Gasteiger partial charge in [0.05, 0.1) is 47.8 Å². The summed E-state index contributed by atoms with van der Waals surface area (Å²) < 4.78 is 2.21. The van der Waals surface area contributed by atoms with Crippen LogP contribution >= 0.6 is 0 Å². The first-order valence-electron chi connectivity index (χ1n) is 26.5. The smallest absolute Gasteiger partial charge is 0.211 e. The molecule has 2 aromatic heterocycles.